The van der Waals surface area contributed by atoms with Gasteiger partial charge in [-0.2, -0.15) is 4.21 Å². The summed E-state index contributed by atoms with van der Waals surface area (Å²) in [6.07, 6.45) is 2.35. The van der Waals surface area contributed by atoms with E-state index in [9.17, 15) is 9.00 Å². The maximum atomic E-state index is 12.7. The van der Waals surface area contributed by atoms with Gasteiger partial charge in [0.15, 0.2) is 0 Å². The van der Waals surface area contributed by atoms with Crippen LogP contribution in [0.2, 0.25) is 0 Å². The number of aromatic amines is 1. The number of pyridine rings is 1. The van der Waals surface area contributed by atoms with Gasteiger partial charge in [0.25, 0.3) is 5.91 Å². The van der Waals surface area contributed by atoms with Crippen LogP contribution in [-0.4, -0.2) is 61.8 Å². The van der Waals surface area contributed by atoms with E-state index in [-0.39, 0.29) is 17.4 Å². The summed E-state index contributed by atoms with van der Waals surface area (Å²) >= 11 is -2.18. The summed E-state index contributed by atoms with van der Waals surface area (Å²) in [5.41, 5.74) is 2.72. The van der Waals surface area contributed by atoms with Gasteiger partial charge in [0, 0.05) is 49.1 Å². The number of carbonyl (C=O) groups excluding carboxylic acids is 1. The number of hydrogen-bond donors (Lipinski definition) is 2. The first kappa shape index (κ1) is 17.2. The number of amides is 1. The average Bonchev–Trinajstić information content (AvgIpc) is 2.94. The molecule has 1 amide bonds. The Hall–Kier alpha value is -1.97. The molecule has 1 aliphatic carbocycles. The molecule has 8 nitrogen and oxygen atoms in total. The lowest BCUT2D eigenvalue weighted by atomic mass is 9.62. The van der Waals surface area contributed by atoms with Crippen molar-refractivity contribution in [1.82, 2.24) is 14.9 Å². The van der Waals surface area contributed by atoms with Crippen LogP contribution in [0.25, 0.3) is 11.0 Å². The highest BCUT2D eigenvalue weighted by Gasteiger charge is 2.53. The lowest BCUT2D eigenvalue weighted by Gasteiger charge is -2.58. The van der Waals surface area contributed by atoms with Gasteiger partial charge in [0.2, 0.25) is 0 Å². The zero-order chi connectivity index (χ0) is 18.8. The zero-order valence-corrected chi connectivity index (χ0v) is 15.9. The molecule has 1 unspecified atom stereocenters. The van der Waals surface area contributed by atoms with Gasteiger partial charge in [-0.25, -0.2) is 4.98 Å². The van der Waals surface area contributed by atoms with Crippen LogP contribution in [0.5, 0.6) is 0 Å². The number of anilines is 1. The van der Waals surface area contributed by atoms with Crippen LogP contribution in [0, 0.1) is 5.41 Å². The van der Waals surface area contributed by atoms with E-state index in [1.165, 1.54) is 0 Å². The smallest absolute Gasteiger partial charge is 0.302 e. The van der Waals surface area contributed by atoms with Crippen LogP contribution in [0.1, 0.15) is 35.8 Å². The van der Waals surface area contributed by atoms with Crippen molar-refractivity contribution in [3.8, 4) is 0 Å². The van der Waals surface area contributed by atoms with E-state index in [2.05, 4.69) is 9.88 Å². The number of rotatable bonds is 4. The molecule has 144 valence electrons. The summed E-state index contributed by atoms with van der Waals surface area (Å²) in [6, 6.07) is 3.98. The van der Waals surface area contributed by atoms with Gasteiger partial charge in [0.1, 0.15) is 11.5 Å². The molecule has 0 bridgehead atoms. The molecule has 9 heteroatoms. The fourth-order valence-electron chi connectivity index (χ4n) is 4.80. The van der Waals surface area contributed by atoms with E-state index in [0.29, 0.717) is 0 Å². The highest BCUT2D eigenvalue weighted by atomic mass is 32.2. The van der Waals surface area contributed by atoms with Gasteiger partial charge in [-0.3, -0.25) is 13.5 Å². The van der Waals surface area contributed by atoms with E-state index >= 15 is 0 Å². The summed E-state index contributed by atoms with van der Waals surface area (Å²) in [4.78, 5) is 24.9. The Morgan fingerprint density at radius 3 is 2.89 bits per heavy atom. The molecule has 4 heterocycles. The van der Waals surface area contributed by atoms with Crippen LogP contribution in [0.15, 0.2) is 12.1 Å². The number of carbonyl (C=O) groups is 1. The third-order valence-corrected chi connectivity index (χ3v) is 6.59. The van der Waals surface area contributed by atoms with Crippen LogP contribution in [0.3, 0.4) is 0 Å². The number of fused-ring (bicyclic) bond motifs is 3. The molecule has 1 atom stereocenters. The number of H-pyrrole nitrogens is 1. The third-order valence-electron chi connectivity index (χ3n) is 6.15. The molecule has 2 N–H and O–H groups in total. The first-order valence-electron chi connectivity index (χ1n) is 9.32. The molecule has 0 aromatic carbocycles. The molecule has 2 aliphatic heterocycles. The van der Waals surface area contributed by atoms with Crippen molar-refractivity contribution < 1.29 is 17.7 Å². The van der Waals surface area contributed by atoms with Crippen LogP contribution in [0.4, 0.5) is 5.82 Å². The highest BCUT2D eigenvalue weighted by Crippen LogP contribution is 2.50. The van der Waals surface area contributed by atoms with Crippen molar-refractivity contribution in [1.29, 1.82) is 0 Å². The fourth-order valence-corrected chi connectivity index (χ4v) is 5.17. The first-order chi connectivity index (χ1) is 13.0. The largest absolute Gasteiger partial charge is 0.355 e. The minimum Gasteiger partial charge on any atom is -0.355 e. The molecule has 1 saturated carbocycles. The van der Waals surface area contributed by atoms with E-state index in [4.69, 9.17) is 13.7 Å². The Labute approximate surface area is 159 Å². The predicted octanol–water partition coefficient (Wildman–Crippen LogP) is 1.70. The summed E-state index contributed by atoms with van der Waals surface area (Å²) in [5, 5.41) is 0.898. The van der Waals surface area contributed by atoms with E-state index in [1.54, 1.807) is 0 Å². The molecule has 0 radical (unpaired) electrons. The number of aromatic nitrogens is 2. The maximum absolute atomic E-state index is 12.7. The molecule has 2 aromatic rings. The van der Waals surface area contributed by atoms with Crippen molar-refractivity contribution in [3.05, 3.63) is 23.4 Å². The van der Waals surface area contributed by atoms with Gasteiger partial charge in [-0.15, -0.1) is 0 Å². The average molecular weight is 390 g/mol. The molecular formula is C18H22N4O4S. The van der Waals surface area contributed by atoms with Crippen molar-refractivity contribution >= 4 is 34.1 Å². The van der Waals surface area contributed by atoms with Crippen molar-refractivity contribution in [2.75, 3.05) is 31.1 Å². The molecule has 1 saturated heterocycles. The molecule has 2 fully saturated rings. The number of nitrogens with one attached hydrogen (secondary N) is 1. The van der Waals surface area contributed by atoms with Gasteiger partial charge >= 0.3 is 11.4 Å². The second-order valence-electron chi connectivity index (χ2n) is 7.88. The Bertz CT molecular complexity index is 944. The predicted molar refractivity (Wildman–Crippen MR) is 101 cm³/mol. The summed E-state index contributed by atoms with van der Waals surface area (Å²) in [7, 11) is 0. The number of likely N-dealkylation sites (N-methyl/N-ethyl adjacent to an activating group) is 1. The van der Waals surface area contributed by atoms with Gasteiger partial charge in [-0.1, -0.05) is 0 Å². The zero-order valence-electron chi connectivity index (χ0n) is 15.1. The molecule has 1 spiro atoms. The fraction of sp³-hybridized carbons (Fsp3) is 0.556. The summed E-state index contributed by atoms with van der Waals surface area (Å²) in [5.74, 6) is 0.992. The van der Waals surface area contributed by atoms with Gasteiger partial charge in [0.05, 0.1) is 11.7 Å². The van der Waals surface area contributed by atoms with Crippen LogP contribution in [-0.2, 0) is 22.0 Å². The van der Waals surface area contributed by atoms with Crippen LogP contribution >= 0.6 is 0 Å². The van der Waals surface area contributed by atoms with E-state index < -0.39 is 11.4 Å². The minimum absolute atomic E-state index is 0.0873. The van der Waals surface area contributed by atoms with E-state index in [1.807, 2.05) is 24.0 Å². The second-order valence-corrected chi connectivity index (χ2v) is 8.51. The maximum Gasteiger partial charge on any atom is 0.302 e. The quantitative estimate of drug-likeness (QED) is 0.771. The number of hydrogen-bond acceptors (Lipinski definition) is 5. The Morgan fingerprint density at radius 2 is 2.19 bits per heavy atom. The Balaban J connectivity index is 1.33. The third kappa shape index (κ3) is 2.67. The standard InChI is InChI=1S/C18H22N4O4S/c1-2-21-6-5-13-15(17(21)23)12-3-4-14(20-16(12)19-13)22-9-18(10-22)7-11(8-18)26-27(24)25/h3-4,11H,2,5-10H2,1H3,(H,19,20)(H,24,25). The number of nitrogens with zero attached hydrogens (tertiary/aromatic N) is 3. The Kier molecular flexibility index (Phi) is 3.82. The molecule has 3 aliphatic rings. The molecule has 5 rings (SSSR count). The topological polar surface area (TPSA) is 98.8 Å². The lowest BCUT2D eigenvalue weighted by Crippen LogP contribution is -2.64. The van der Waals surface area contributed by atoms with Gasteiger partial charge in [-0.05, 0) is 31.9 Å². The molecule has 27 heavy (non-hydrogen) atoms. The molecular weight excluding hydrogens is 368 g/mol. The first-order valence-corrected chi connectivity index (χ1v) is 10.3. The molecule has 2 aromatic heterocycles. The Morgan fingerprint density at radius 1 is 1.41 bits per heavy atom. The van der Waals surface area contributed by atoms with Crippen molar-refractivity contribution in [2.45, 2.75) is 32.3 Å². The SMILES string of the molecule is CCN1CCc2[nH]c3nc(N4CC5(CC(OS(=O)O)C5)C4)ccc3c2C1=O. The van der Waals surface area contributed by atoms with Crippen LogP contribution < -0.4 is 4.90 Å². The second kappa shape index (κ2) is 6.02. The lowest BCUT2D eigenvalue weighted by molar-refractivity contribution is -0.0315. The van der Waals surface area contributed by atoms with E-state index in [0.717, 1.165) is 73.6 Å². The summed E-state index contributed by atoms with van der Waals surface area (Å²) < 4.78 is 24.5. The monoisotopic (exact) mass is 390 g/mol. The highest BCUT2D eigenvalue weighted by molar-refractivity contribution is 7.74. The normalized spacial score (nSPS) is 22.7. The summed E-state index contributed by atoms with van der Waals surface area (Å²) in [6.45, 7) is 5.24. The van der Waals surface area contributed by atoms with Crippen molar-refractivity contribution in [3.63, 3.8) is 0 Å². The van der Waals surface area contributed by atoms with Crippen molar-refractivity contribution in [2.24, 2.45) is 5.41 Å². The minimum atomic E-state index is -2.18. The van der Waals surface area contributed by atoms with Gasteiger partial charge < -0.3 is 14.8 Å².